The molecule has 22 heavy (non-hydrogen) atoms. The first-order chi connectivity index (χ1) is 10.7. The highest BCUT2D eigenvalue weighted by molar-refractivity contribution is 5.97. The molecule has 0 unspecified atom stereocenters. The lowest BCUT2D eigenvalue weighted by Gasteiger charge is -2.05. The number of amides is 1. The van der Waals surface area contributed by atoms with Crippen molar-refractivity contribution in [2.75, 3.05) is 5.32 Å². The number of halogens is 1. The second-order valence-electron chi connectivity index (χ2n) is 4.49. The zero-order valence-corrected chi connectivity index (χ0v) is 11.7. The molecular formula is C17H14FN3O. The molecule has 0 heterocycles. The van der Waals surface area contributed by atoms with Gasteiger partial charge in [0.15, 0.2) is 0 Å². The van der Waals surface area contributed by atoms with E-state index in [9.17, 15) is 9.18 Å². The van der Waals surface area contributed by atoms with Crippen LogP contribution in [-0.4, -0.2) is 5.91 Å². The molecule has 2 rings (SSSR count). The molecule has 5 heteroatoms. The smallest absolute Gasteiger partial charge is 0.263 e. The van der Waals surface area contributed by atoms with Crippen LogP contribution in [0.5, 0.6) is 0 Å². The van der Waals surface area contributed by atoms with Crippen molar-refractivity contribution in [3.8, 4) is 6.07 Å². The molecule has 0 spiro atoms. The average Bonchev–Trinajstić information content (AvgIpc) is 2.56. The summed E-state index contributed by atoms with van der Waals surface area (Å²) in [6.45, 7) is 0.343. The summed E-state index contributed by atoms with van der Waals surface area (Å²) in [7, 11) is 0. The topological polar surface area (TPSA) is 64.9 Å². The Bertz CT molecular complexity index is 703. The summed E-state index contributed by atoms with van der Waals surface area (Å²) < 4.78 is 12.8. The molecule has 0 aliphatic heterocycles. The Labute approximate surface area is 127 Å². The van der Waals surface area contributed by atoms with Crippen molar-refractivity contribution in [2.45, 2.75) is 6.54 Å². The van der Waals surface area contributed by atoms with E-state index in [0.29, 0.717) is 12.2 Å². The monoisotopic (exact) mass is 295 g/mol. The van der Waals surface area contributed by atoms with Crippen LogP contribution in [-0.2, 0) is 11.3 Å². The number of nitrogens with zero attached hydrogens (tertiary/aromatic N) is 1. The number of benzene rings is 2. The summed E-state index contributed by atoms with van der Waals surface area (Å²) in [6.07, 6.45) is 1.30. The van der Waals surface area contributed by atoms with Crippen molar-refractivity contribution >= 4 is 11.6 Å². The van der Waals surface area contributed by atoms with E-state index in [1.165, 1.54) is 30.5 Å². The van der Waals surface area contributed by atoms with Gasteiger partial charge < -0.3 is 10.6 Å². The van der Waals surface area contributed by atoms with Gasteiger partial charge in [-0.05, 0) is 29.8 Å². The second kappa shape index (κ2) is 7.60. The third kappa shape index (κ3) is 4.46. The van der Waals surface area contributed by atoms with Gasteiger partial charge in [-0.15, -0.1) is 0 Å². The van der Waals surface area contributed by atoms with Crippen LogP contribution in [0.1, 0.15) is 5.56 Å². The highest BCUT2D eigenvalue weighted by atomic mass is 19.1. The number of hydrogen-bond donors (Lipinski definition) is 2. The Balaban J connectivity index is 1.95. The Morgan fingerprint density at radius 1 is 1.14 bits per heavy atom. The largest absolute Gasteiger partial charge is 0.360 e. The number of nitrogens with one attached hydrogen (secondary N) is 2. The van der Waals surface area contributed by atoms with Gasteiger partial charge in [0, 0.05) is 18.4 Å². The molecule has 4 nitrogen and oxygen atoms in total. The predicted molar refractivity (Wildman–Crippen MR) is 82.0 cm³/mol. The first-order valence-electron chi connectivity index (χ1n) is 6.63. The Hall–Kier alpha value is -3.13. The van der Waals surface area contributed by atoms with Crippen molar-refractivity contribution in [1.82, 2.24) is 5.32 Å². The maximum atomic E-state index is 12.8. The minimum Gasteiger partial charge on any atom is -0.360 e. The molecule has 0 aromatic heterocycles. The SMILES string of the molecule is N#CC(=CNc1ccc(F)cc1)C(=O)NCc1ccccc1. The van der Waals surface area contributed by atoms with Gasteiger partial charge in [0.2, 0.25) is 0 Å². The van der Waals surface area contributed by atoms with Crippen molar-refractivity contribution in [3.63, 3.8) is 0 Å². The maximum Gasteiger partial charge on any atom is 0.263 e. The third-order valence-electron chi connectivity index (χ3n) is 2.89. The molecule has 0 saturated carbocycles. The van der Waals surface area contributed by atoms with Gasteiger partial charge in [-0.25, -0.2) is 4.39 Å². The van der Waals surface area contributed by atoms with Crippen LogP contribution in [0.3, 0.4) is 0 Å². The van der Waals surface area contributed by atoms with E-state index in [0.717, 1.165) is 5.56 Å². The number of rotatable bonds is 5. The fourth-order valence-corrected chi connectivity index (χ4v) is 1.72. The predicted octanol–water partition coefficient (Wildman–Crippen LogP) is 2.96. The third-order valence-corrected chi connectivity index (χ3v) is 2.89. The summed E-state index contributed by atoms with van der Waals surface area (Å²) in [5, 5.41) is 14.5. The van der Waals surface area contributed by atoms with Gasteiger partial charge in [-0.2, -0.15) is 5.26 Å². The summed E-state index contributed by atoms with van der Waals surface area (Å²) in [6, 6.07) is 16.8. The highest BCUT2D eigenvalue weighted by Crippen LogP contribution is 2.09. The number of anilines is 1. The standard InChI is InChI=1S/C17H14FN3O/c18-15-6-8-16(9-7-15)20-12-14(10-19)17(22)21-11-13-4-2-1-3-5-13/h1-9,12,20H,11H2,(H,21,22). The first-order valence-corrected chi connectivity index (χ1v) is 6.63. The van der Waals surface area contributed by atoms with Gasteiger partial charge in [0.1, 0.15) is 17.5 Å². The van der Waals surface area contributed by atoms with E-state index in [1.807, 2.05) is 36.4 Å². The molecule has 0 bridgehead atoms. The van der Waals surface area contributed by atoms with Crippen LogP contribution in [0.25, 0.3) is 0 Å². The molecule has 0 aliphatic rings. The van der Waals surface area contributed by atoms with Gasteiger partial charge in [-0.3, -0.25) is 4.79 Å². The average molecular weight is 295 g/mol. The number of hydrogen-bond acceptors (Lipinski definition) is 3. The van der Waals surface area contributed by atoms with E-state index in [-0.39, 0.29) is 11.4 Å². The molecule has 0 aliphatic carbocycles. The Morgan fingerprint density at radius 2 is 1.82 bits per heavy atom. The van der Waals surface area contributed by atoms with Crippen LogP contribution in [0.4, 0.5) is 10.1 Å². The van der Waals surface area contributed by atoms with E-state index in [4.69, 9.17) is 5.26 Å². The summed E-state index contributed by atoms with van der Waals surface area (Å²) in [5.41, 5.74) is 1.48. The van der Waals surface area contributed by atoms with Gasteiger partial charge in [0.25, 0.3) is 5.91 Å². The van der Waals surface area contributed by atoms with Crippen molar-refractivity contribution in [2.24, 2.45) is 0 Å². The normalized spacial score (nSPS) is 10.6. The molecule has 110 valence electrons. The zero-order chi connectivity index (χ0) is 15.8. The molecule has 0 saturated heterocycles. The van der Waals surface area contributed by atoms with E-state index >= 15 is 0 Å². The Morgan fingerprint density at radius 3 is 2.45 bits per heavy atom. The zero-order valence-electron chi connectivity index (χ0n) is 11.7. The summed E-state index contributed by atoms with van der Waals surface area (Å²) in [5.74, 6) is -0.823. The van der Waals surface area contributed by atoms with E-state index in [1.54, 1.807) is 0 Å². The lowest BCUT2D eigenvalue weighted by atomic mass is 10.2. The summed E-state index contributed by atoms with van der Waals surface area (Å²) >= 11 is 0. The fraction of sp³-hybridized carbons (Fsp3) is 0.0588. The molecule has 2 N–H and O–H groups in total. The molecule has 2 aromatic carbocycles. The molecule has 1 amide bonds. The molecule has 0 atom stereocenters. The summed E-state index contributed by atoms with van der Waals surface area (Å²) in [4.78, 5) is 11.9. The van der Waals surface area contributed by atoms with Gasteiger partial charge in [-0.1, -0.05) is 30.3 Å². The fourth-order valence-electron chi connectivity index (χ4n) is 1.72. The minimum atomic E-state index is -0.471. The molecule has 2 aromatic rings. The quantitative estimate of drug-likeness (QED) is 0.658. The molecule has 0 fully saturated rings. The maximum absolute atomic E-state index is 12.8. The van der Waals surface area contributed by atoms with Crippen molar-refractivity contribution in [1.29, 1.82) is 5.26 Å². The molecular weight excluding hydrogens is 281 g/mol. The lowest BCUT2D eigenvalue weighted by Crippen LogP contribution is -2.24. The highest BCUT2D eigenvalue weighted by Gasteiger charge is 2.08. The second-order valence-corrected chi connectivity index (χ2v) is 4.49. The minimum absolute atomic E-state index is 0.0553. The van der Waals surface area contributed by atoms with Crippen LogP contribution in [0.15, 0.2) is 66.4 Å². The Kier molecular flexibility index (Phi) is 5.27. The molecule has 0 radical (unpaired) electrons. The van der Waals surface area contributed by atoms with Crippen LogP contribution < -0.4 is 10.6 Å². The van der Waals surface area contributed by atoms with E-state index < -0.39 is 5.91 Å². The van der Waals surface area contributed by atoms with Gasteiger partial charge in [0.05, 0.1) is 0 Å². The van der Waals surface area contributed by atoms with Crippen LogP contribution in [0.2, 0.25) is 0 Å². The van der Waals surface area contributed by atoms with Crippen molar-refractivity contribution < 1.29 is 9.18 Å². The van der Waals surface area contributed by atoms with Crippen LogP contribution in [0, 0.1) is 17.1 Å². The number of carbonyl (C=O) groups excluding carboxylic acids is 1. The number of nitriles is 1. The van der Waals surface area contributed by atoms with E-state index in [2.05, 4.69) is 10.6 Å². The first kappa shape index (κ1) is 15.3. The number of carbonyl (C=O) groups is 1. The lowest BCUT2D eigenvalue weighted by molar-refractivity contribution is -0.117. The van der Waals surface area contributed by atoms with Gasteiger partial charge >= 0.3 is 0 Å². The van der Waals surface area contributed by atoms with Crippen molar-refractivity contribution in [3.05, 3.63) is 77.8 Å². The van der Waals surface area contributed by atoms with Crippen LogP contribution >= 0.6 is 0 Å².